The first-order valence-corrected chi connectivity index (χ1v) is 10.4. The SMILES string of the molecule is CO/N=C(\C(=O)NC1C(=O)N2C(C(=O)O)=CCS[C@H]12)C1=CSCCS1. The van der Waals surface area contributed by atoms with E-state index >= 15 is 0 Å². The largest absolute Gasteiger partial charge is 0.477 e. The molecule has 1 saturated heterocycles. The van der Waals surface area contributed by atoms with E-state index in [9.17, 15) is 14.4 Å². The molecular weight excluding hydrogens is 386 g/mol. The molecule has 2 atom stereocenters. The molecule has 2 N–H and O–H groups in total. The maximum Gasteiger partial charge on any atom is 0.352 e. The number of aliphatic carboxylic acids is 1. The van der Waals surface area contributed by atoms with Crippen molar-refractivity contribution in [1.82, 2.24) is 10.2 Å². The number of carbonyl (C=O) groups excluding carboxylic acids is 2. The first kappa shape index (κ1) is 18.2. The lowest BCUT2D eigenvalue weighted by molar-refractivity contribution is -0.150. The van der Waals surface area contributed by atoms with Gasteiger partial charge in [0.25, 0.3) is 11.8 Å². The molecule has 3 heterocycles. The molecule has 134 valence electrons. The Hall–Kier alpha value is -1.59. The van der Waals surface area contributed by atoms with Gasteiger partial charge in [0, 0.05) is 22.2 Å². The topological polar surface area (TPSA) is 108 Å². The minimum atomic E-state index is -1.15. The number of hydrogen-bond donors (Lipinski definition) is 2. The van der Waals surface area contributed by atoms with Crippen molar-refractivity contribution >= 4 is 58.8 Å². The summed E-state index contributed by atoms with van der Waals surface area (Å²) in [7, 11) is 1.35. The molecule has 0 aromatic carbocycles. The van der Waals surface area contributed by atoms with Crippen LogP contribution in [0.1, 0.15) is 0 Å². The molecule has 3 aliphatic heterocycles. The molecule has 8 nitrogen and oxygen atoms in total. The number of thioether (sulfide) groups is 3. The van der Waals surface area contributed by atoms with Crippen LogP contribution in [0.4, 0.5) is 0 Å². The van der Waals surface area contributed by atoms with Gasteiger partial charge in [-0.05, 0) is 11.5 Å². The van der Waals surface area contributed by atoms with Crippen LogP contribution < -0.4 is 5.32 Å². The normalized spacial score (nSPS) is 26.0. The van der Waals surface area contributed by atoms with E-state index in [-0.39, 0.29) is 11.4 Å². The summed E-state index contributed by atoms with van der Waals surface area (Å²) in [4.78, 5) is 42.8. The van der Waals surface area contributed by atoms with E-state index < -0.39 is 29.2 Å². The lowest BCUT2D eigenvalue weighted by Crippen LogP contribution is -2.70. The van der Waals surface area contributed by atoms with E-state index in [1.165, 1.54) is 41.6 Å². The zero-order chi connectivity index (χ0) is 18.0. The molecule has 0 aliphatic carbocycles. The maximum atomic E-state index is 12.6. The summed E-state index contributed by atoms with van der Waals surface area (Å²) in [6, 6.07) is -0.774. The van der Waals surface area contributed by atoms with Gasteiger partial charge in [-0.15, -0.1) is 35.3 Å². The number of amides is 2. The zero-order valence-electron chi connectivity index (χ0n) is 13.1. The third-order valence-electron chi connectivity index (χ3n) is 3.63. The lowest BCUT2D eigenvalue weighted by Gasteiger charge is -2.48. The van der Waals surface area contributed by atoms with Gasteiger partial charge in [0.2, 0.25) is 0 Å². The first-order chi connectivity index (χ1) is 12.0. The number of fused-ring (bicyclic) bond motifs is 1. The highest BCUT2D eigenvalue weighted by Crippen LogP contribution is 2.37. The lowest BCUT2D eigenvalue weighted by atomic mass is 10.0. The van der Waals surface area contributed by atoms with Crippen LogP contribution in [-0.4, -0.2) is 69.3 Å². The second kappa shape index (κ2) is 7.75. The Labute approximate surface area is 156 Å². The number of carbonyl (C=O) groups is 3. The Balaban J connectivity index is 1.72. The molecule has 1 unspecified atom stereocenters. The van der Waals surface area contributed by atoms with Crippen LogP contribution in [0.2, 0.25) is 0 Å². The van der Waals surface area contributed by atoms with Crippen molar-refractivity contribution in [3.8, 4) is 0 Å². The minimum absolute atomic E-state index is 0.0352. The highest BCUT2D eigenvalue weighted by atomic mass is 32.2. The van der Waals surface area contributed by atoms with Crippen molar-refractivity contribution in [1.29, 1.82) is 0 Å². The van der Waals surface area contributed by atoms with E-state index in [1.807, 2.05) is 5.41 Å². The molecule has 0 saturated carbocycles. The third-order valence-corrected chi connectivity index (χ3v) is 7.10. The van der Waals surface area contributed by atoms with Crippen molar-refractivity contribution in [2.45, 2.75) is 11.4 Å². The Morgan fingerprint density at radius 1 is 1.44 bits per heavy atom. The van der Waals surface area contributed by atoms with Gasteiger partial charge in [-0.25, -0.2) is 4.79 Å². The smallest absolute Gasteiger partial charge is 0.352 e. The predicted octanol–water partition coefficient (Wildman–Crippen LogP) is 0.679. The van der Waals surface area contributed by atoms with Crippen LogP contribution in [0.5, 0.6) is 0 Å². The molecule has 0 bridgehead atoms. The van der Waals surface area contributed by atoms with E-state index in [4.69, 9.17) is 9.94 Å². The van der Waals surface area contributed by atoms with Crippen molar-refractivity contribution in [2.24, 2.45) is 5.16 Å². The van der Waals surface area contributed by atoms with Gasteiger partial charge in [0.15, 0.2) is 5.71 Å². The fraction of sp³-hybridized carbons (Fsp3) is 0.429. The Morgan fingerprint density at radius 3 is 2.88 bits per heavy atom. The molecule has 2 amide bonds. The second-order valence-electron chi connectivity index (χ2n) is 5.10. The first-order valence-electron chi connectivity index (χ1n) is 7.29. The molecule has 0 aromatic rings. The third kappa shape index (κ3) is 3.53. The van der Waals surface area contributed by atoms with E-state index in [1.54, 1.807) is 11.8 Å². The number of oxime groups is 1. The molecule has 11 heteroatoms. The predicted molar refractivity (Wildman–Crippen MR) is 98.2 cm³/mol. The fourth-order valence-corrected chi connectivity index (χ4v) is 5.79. The number of carboxylic acid groups (broad SMARTS) is 1. The number of rotatable bonds is 5. The summed E-state index contributed by atoms with van der Waals surface area (Å²) in [6.45, 7) is 0. The Bertz CT molecular complexity index is 706. The van der Waals surface area contributed by atoms with Crippen molar-refractivity contribution in [3.05, 3.63) is 22.1 Å². The van der Waals surface area contributed by atoms with Gasteiger partial charge in [-0.2, -0.15) is 0 Å². The van der Waals surface area contributed by atoms with E-state index in [0.29, 0.717) is 10.7 Å². The van der Waals surface area contributed by atoms with Gasteiger partial charge in [-0.1, -0.05) is 5.16 Å². The second-order valence-corrected chi connectivity index (χ2v) is 8.37. The number of β-lactam (4-membered cyclic amide) rings is 1. The van der Waals surface area contributed by atoms with Crippen molar-refractivity contribution in [2.75, 3.05) is 24.4 Å². The Kier molecular flexibility index (Phi) is 5.64. The van der Waals surface area contributed by atoms with Gasteiger partial charge in [-0.3, -0.25) is 14.5 Å². The molecule has 3 rings (SSSR count). The average Bonchev–Trinajstić information content (AvgIpc) is 2.63. The molecule has 0 spiro atoms. The molecule has 1 fully saturated rings. The summed E-state index contributed by atoms with van der Waals surface area (Å²) in [5.41, 5.74) is 0.0905. The summed E-state index contributed by atoms with van der Waals surface area (Å²) in [5.74, 6) is 0.192. The van der Waals surface area contributed by atoms with Gasteiger partial charge in [0.05, 0.1) is 0 Å². The van der Waals surface area contributed by atoms with E-state index in [2.05, 4.69) is 10.5 Å². The maximum absolute atomic E-state index is 12.6. The van der Waals surface area contributed by atoms with Gasteiger partial charge in [0.1, 0.15) is 24.2 Å². The minimum Gasteiger partial charge on any atom is -0.477 e. The zero-order valence-corrected chi connectivity index (χ0v) is 15.6. The van der Waals surface area contributed by atoms with Gasteiger partial charge >= 0.3 is 5.97 Å². The standard InChI is InChI=1S/C14H15N3O5S3/c1-22-16-9(8-6-23-4-5-24-8)11(18)15-10-12(19)17-7(14(20)21)2-3-25-13(10)17/h2,6,10,13H,3-5H2,1H3,(H,15,18)(H,20,21)/b16-9-/t10?,13-/m1/s1. The van der Waals surface area contributed by atoms with Crippen LogP contribution >= 0.6 is 35.3 Å². The number of hydrogen-bond acceptors (Lipinski definition) is 8. The highest BCUT2D eigenvalue weighted by molar-refractivity contribution is 8.10. The van der Waals surface area contributed by atoms with Crippen LogP contribution in [0.15, 0.2) is 27.2 Å². The monoisotopic (exact) mass is 401 g/mol. The summed E-state index contributed by atoms with van der Waals surface area (Å²) in [6.07, 6.45) is 1.50. The Morgan fingerprint density at radius 2 is 2.24 bits per heavy atom. The van der Waals surface area contributed by atoms with E-state index in [0.717, 1.165) is 11.5 Å². The van der Waals surface area contributed by atoms with Crippen molar-refractivity contribution in [3.63, 3.8) is 0 Å². The average molecular weight is 401 g/mol. The van der Waals surface area contributed by atoms with Gasteiger partial charge < -0.3 is 15.3 Å². The molecular formula is C14H15N3O5S3. The molecule has 0 radical (unpaired) electrons. The molecule has 25 heavy (non-hydrogen) atoms. The van der Waals surface area contributed by atoms with Crippen LogP contribution in [0.3, 0.4) is 0 Å². The van der Waals surface area contributed by atoms with Crippen LogP contribution in [0, 0.1) is 0 Å². The molecule has 3 aliphatic rings. The summed E-state index contributed by atoms with van der Waals surface area (Å²) < 4.78 is 0. The summed E-state index contributed by atoms with van der Waals surface area (Å²) >= 11 is 4.49. The van der Waals surface area contributed by atoms with Crippen LogP contribution in [0.25, 0.3) is 0 Å². The molecule has 0 aromatic heterocycles. The van der Waals surface area contributed by atoms with Crippen molar-refractivity contribution < 1.29 is 24.3 Å². The summed E-state index contributed by atoms with van der Waals surface area (Å²) in [5, 5.41) is 17.1. The van der Waals surface area contributed by atoms with Crippen LogP contribution in [-0.2, 0) is 19.2 Å². The highest BCUT2D eigenvalue weighted by Gasteiger charge is 2.53. The number of carboxylic acids is 1. The number of nitrogens with one attached hydrogen (secondary N) is 1. The quantitative estimate of drug-likeness (QED) is 0.393. The number of nitrogens with zero attached hydrogens (tertiary/aromatic N) is 2. The fourth-order valence-electron chi connectivity index (χ4n) is 2.53.